The van der Waals surface area contributed by atoms with E-state index in [-0.39, 0.29) is 11.7 Å². The van der Waals surface area contributed by atoms with Crippen molar-refractivity contribution in [1.82, 2.24) is 20.3 Å². The molecule has 0 saturated heterocycles. The molecule has 0 amide bonds. The number of H-pyrrole nitrogens is 1. The Morgan fingerprint density at radius 3 is 2.86 bits per heavy atom. The summed E-state index contributed by atoms with van der Waals surface area (Å²) >= 11 is 0. The van der Waals surface area contributed by atoms with Gasteiger partial charge in [0.25, 0.3) is 0 Å². The van der Waals surface area contributed by atoms with Crippen molar-refractivity contribution >= 4 is 22.5 Å². The van der Waals surface area contributed by atoms with Gasteiger partial charge in [0.1, 0.15) is 5.84 Å². The van der Waals surface area contributed by atoms with Crippen LogP contribution in [-0.4, -0.2) is 38.2 Å². The van der Waals surface area contributed by atoms with E-state index < -0.39 is 0 Å². The largest absolute Gasteiger partial charge is 0.494 e. The number of rotatable bonds is 5. The molecule has 0 bridgehead atoms. The quantitative estimate of drug-likeness (QED) is 0.399. The molecule has 28 heavy (non-hydrogen) atoms. The number of aromatic nitrogens is 3. The smallest absolute Gasteiger partial charge is 0.198 e. The molecule has 7 nitrogen and oxygen atoms in total. The molecular weight excluding hydrogens is 352 g/mol. The number of amidine groups is 1. The summed E-state index contributed by atoms with van der Waals surface area (Å²) < 4.78 is 0. The predicted molar refractivity (Wildman–Crippen MR) is 113 cm³/mol. The minimum absolute atomic E-state index is 0.0123. The summed E-state index contributed by atoms with van der Waals surface area (Å²) in [6.45, 7) is 8.45. The number of aromatic hydroxyl groups is 1. The fourth-order valence-electron chi connectivity index (χ4n) is 3.13. The van der Waals surface area contributed by atoms with Crippen molar-refractivity contribution in [2.45, 2.75) is 27.7 Å². The van der Waals surface area contributed by atoms with Crippen LogP contribution in [0.25, 0.3) is 22.2 Å². The van der Waals surface area contributed by atoms with Crippen molar-refractivity contribution in [3.8, 4) is 17.1 Å². The lowest BCUT2D eigenvalue weighted by Gasteiger charge is -2.06. The number of nitrogens with zero attached hydrogens (tertiary/aromatic N) is 3. The van der Waals surface area contributed by atoms with E-state index in [4.69, 9.17) is 5.41 Å². The Bertz CT molecular complexity index is 1090. The van der Waals surface area contributed by atoms with Crippen LogP contribution in [0.15, 0.2) is 47.5 Å². The zero-order chi connectivity index (χ0) is 20.3. The topological polar surface area (TPSA) is 110 Å². The van der Waals surface area contributed by atoms with Crippen LogP contribution >= 0.6 is 0 Å². The molecule has 3 aromatic heterocycles. The summed E-state index contributed by atoms with van der Waals surface area (Å²) in [5.41, 5.74) is 5.46. The first-order chi connectivity index (χ1) is 13.4. The molecule has 3 heterocycles. The van der Waals surface area contributed by atoms with Gasteiger partial charge in [0, 0.05) is 41.7 Å². The molecule has 0 atom stereocenters. The second kappa shape index (κ2) is 8.04. The van der Waals surface area contributed by atoms with Crippen molar-refractivity contribution in [1.29, 1.82) is 5.41 Å². The molecule has 0 aliphatic carbocycles. The number of allylic oxidation sites excluding steroid dienone is 1. The second-order valence-electron chi connectivity index (χ2n) is 6.59. The highest BCUT2D eigenvalue weighted by Gasteiger charge is 2.16. The van der Waals surface area contributed by atoms with Crippen LogP contribution in [0.1, 0.15) is 31.9 Å². The Labute approximate surface area is 163 Å². The van der Waals surface area contributed by atoms with Gasteiger partial charge in [-0.1, -0.05) is 0 Å². The van der Waals surface area contributed by atoms with Gasteiger partial charge in [0.15, 0.2) is 5.88 Å². The fraction of sp³-hybridized carbons (Fsp3) is 0.238. The molecule has 144 valence electrons. The van der Waals surface area contributed by atoms with Gasteiger partial charge in [-0.15, -0.1) is 0 Å². The normalized spacial score (nSPS) is 12.4. The first-order valence-electron chi connectivity index (χ1n) is 9.08. The van der Waals surface area contributed by atoms with E-state index in [2.05, 4.69) is 25.3 Å². The second-order valence-corrected chi connectivity index (χ2v) is 6.59. The van der Waals surface area contributed by atoms with E-state index in [0.717, 1.165) is 34.4 Å². The molecule has 0 saturated carbocycles. The van der Waals surface area contributed by atoms with Crippen LogP contribution in [0.4, 0.5) is 0 Å². The minimum atomic E-state index is 0.0123. The number of hydrogen-bond acceptors (Lipinski definition) is 5. The van der Waals surface area contributed by atoms with Crippen LogP contribution in [0.5, 0.6) is 5.88 Å². The molecule has 0 radical (unpaired) electrons. The average Bonchev–Trinajstić information content (AvgIpc) is 2.97. The first-order valence-corrected chi connectivity index (χ1v) is 9.08. The standard InChI is InChI=1S/C21H24N6O/c1-5-24-13(3)8-19(22)26-14(4)20-15-9-17(16-10-23-7-6-12(16)2)25-11-18(15)27-21(20)28/h6-11,22,24,27-28H,5H2,1-4H3/b13-8-,22-19?,26-14?. The van der Waals surface area contributed by atoms with Crippen LogP contribution < -0.4 is 5.32 Å². The molecule has 0 aliphatic heterocycles. The number of aliphatic imine (C=N–C) groups is 1. The highest BCUT2D eigenvalue weighted by atomic mass is 16.3. The van der Waals surface area contributed by atoms with Gasteiger partial charge in [-0.2, -0.15) is 0 Å². The van der Waals surface area contributed by atoms with E-state index in [9.17, 15) is 5.11 Å². The van der Waals surface area contributed by atoms with Crippen LogP contribution in [0.3, 0.4) is 0 Å². The molecule has 0 aromatic carbocycles. The molecule has 0 aliphatic rings. The van der Waals surface area contributed by atoms with Gasteiger partial charge in [0.05, 0.1) is 28.7 Å². The monoisotopic (exact) mass is 376 g/mol. The summed E-state index contributed by atoms with van der Waals surface area (Å²) in [5, 5.41) is 22.5. The van der Waals surface area contributed by atoms with Crippen LogP contribution in [0.2, 0.25) is 0 Å². The Morgan fingerprint density at radius 2 is 2.14 bits per heavy atom. The van der Waals surface area contributed by atoms with Gasteiger partial charge in [-0.05, 0) is 45.4 Å². The summed E-state index contributed by atoms with van der Waals surface area (Å²) in [5.74, 6) is 0.125. The lowest BCUT2D eigenvalue weighted by Crippen LogP contribution is -2.10. The predicted octanol–water partition coefficient (Wildman–Crippen LogP) is 3.94. The summed E-state index contributed by atoms with van der Waals surface area (Å²) in [6, 6.07) is 3.84. The zero-order valence-electron chi connectivity index (χ0n) is 16.5. The number of nitrogens with one attached hydrogen (secondary N) is 3. The van der Waals surface area contributed by atoms with Gasteiger partial charge in [0.2, 0.25) is 0 Å². The maximum atomic E-state index is 10.4. The Hall–Kier alpha value is -3.48. The zero-order valence-corrected chi connectivity index (χ0v) is 16.5. The lowest BCUT2D eigenvalue weighted by atomic mass is 10.0. The third kappa shape index (κ3) is 3.93. The van der Waals surface area contributed by atoms with Gasteiger partial charge in [-0.25, -0.2) is 4.99 Å². The van der Waals surface area contributed by atoms with E-state index in [1.165, 1.54) is 0 Å². The molecule has 0 unspecified atom stereocenters. The van der Waals surface area contributed by atoms with E-state index in [1.807, 2.05) is 32.9 Å². The number of aryl methyl sites for hydroxylation is 1. The van der Waals surface area contributed by atoms with Crippen molar-refractivity contribution in [2.24, 2.45) is 4.99 Å². The van der Waals surface area contributed by atoms with E-state index >= 15 is 0 Å². The summed E-state index contributed by atoms with van der Waals surface area (Å²) in [7, 11) is 0. The first kappa shape index (κ1) is 19.3. The highest BCUT2D eigenvalue weighted by molar-refractivity contribution is 6.16. The summed E-state index contributed by atoms with van der Waals surface area (Å²) in [4.78, 5) is 16.0. The van der Waals surface area contributed by atoms with Crippen LogP contribution in [-0.2, 0) is 0 Å². The Balaban J connectivity index is 2.06. The molecule has 0 fully saturated rings. The van der Waals surface area contributed by atoms with E-state index in [0.29, 0.717) is 16.8 Å². The maximum absolute atomic E-state index is 10.4. The third-order valence-electron chi connectivity index (χ3n) is 4.44. The van der Waals surface area contributed by atoms with Crippen molar-refractivity contribution in [3.63, 3.8) is 0 Å². The summed E-state index contributed by atoms with van der Waals surface area (Å²) in [6.07, 6.45) is 6.87. The maximum Gasteiger partial charge on any atom is 0.198 e. The minimum Gasteiger partial charge on any atom is -0.494 e. The third-order valence-corrected chi connectivity index (χ3v) is 4.44. The Kier molecular flexibility index (Phi) is 5.54. The lowest BCUT2D eigenvalue weighted by molar-refractivity contribution is 0.457. The van der Waals surface area contributed by atoms with Crippen LogP contribution in [0, 0.1) is 12.3 Å². The molecule has 0 spiro atoms. The fourth-order valence-corrected chi connectivity index (χ4v) is 3.13. The molecule has 3 aromatic rings. The van der Waals surface area contributed by atoms with Crippen molar-refractivity contribution in [2.75, 3.05) is 6.54 Å². The van der Waals surface area contributed by atoms with Crippen molar-refractivity contribution < 1.29 is 5.11 Å². The van der Waals surface area contributed by atoms with E-state index in [1.54, 1.807) is 31.6 Å². The highest BCUT2D eigenvalue weighted by Crippen LogP contribution is 2.31. The molecule has 3 rings (SSSR count). The number of pyridine rings is 2. The number of fused-ring (bicyclic) bond motifs is 1. The SMILES string of the molecule is CCN/C(C)=C\C(=N)N=C(C)c1c(O)[nH]c2cnc(-c3cnccc3C)cc12. The van der Waals surface area contributed by atoms with Gasteiger partial charge >= 0.3 is 0 Å². The van der Waals surface area contributed by atoms with Gasteiger partial charge < -0.3 is 15.4 Å². The Morgan fingerprint density at radius 1 is 1.36 bits per heavy atom. The average molecular weight is 376 g/mol. The number of aromatic amines is 1. The van der Waals surface area contributed by atoms with Crippen molar-refractivity contribution in [3.05, 3.63) is 53.6 Å². The molecule has 7 heteroatoms. The number of hydrogen-bond donors (Lipinski definition) is 4. The van der Waals surface area contributed by atoms with Gasteiger partial charge in [-0.3, -0.25) is 15.4 Å². The molecule has 4 N–H and O–H groups in total. The molecular formula is C21H24N6O.